The van der Waals surface area contributed by atoms with Crippen LogP contribution in [-0.4, -0.2) is 7.11 Å². The van der Waals surface area contributed by atoms with E-state index < -0.39 is 16.5 Å². The third kappa shape index (κ3) is 2.75. The summed E-state index contributed by atoms with van der Waals surface area (Å²) in [7, 11) is 1.56. The number of rotatable bonds is 3. The molecule has 0 saturated carbocycles. The van der Waals surface area contributed by atoms with Gasteiger partial charge < -0.3 is 4.74 Å². The van der Waals surface area contributed by atoms with Crippen molar-refractivity contribution in [1.29, 1.82) is 0 Å². The maximum atomic E-state index is 13.8. The standard InChI is InChI=1S/C12H8Br2F2OS/c1-17-6-2-11(18-5-6)12(14)7-3-10(16)8(13)4-9(7)15/h2-5,12H,1H3. The highest BCUT2D eigenvalue weighted by molar-refractivity contribution is 9.10. The fourth-order valence-electron chi connectivity index (χ4n) is 1.46. The molecule has 0 saturated heterocycles. The molecule has 2 aromatic rings. The molecule has 0 spiro atoms. The van der Waals surface area contributed by atoms with E-state index in [1.54, 1.807) is 13.2 Å². The highest BCUT2D eigenvalue weighted by atomic mass is 79.9. The van der Waals surface area contributed by atoms with E-state index >= 15 is 0 Å². The van der Waals surface area contributed by atoms with Crippen LogP contribution in [0.3, 0.4) is 0 Å². The number of ether oxygens (including phenoxy) is 1. The molecule has 0 bridgehead atoms. The molecule has 0 aliphatic heterocycles. The van der Waals surface area contributed by atoms with Crippen LogP contribution in [0.5, 0.6) is 5.75 Å². The van der Waals surface area contributed by atoms with Gasteiger partial charge in [0.25, 0.3) is 0 Å². The average Bonchev–Trinajstić information content (AvgIpc) is 2.81. The lowest BCUT2D eigenvalue weighted by Gasteiger charge is -2.10. The Morgan fingerprint density at radius 1 is 1.22 bits per heavy atom. The lowest BCUT2D eigenvalue weighted by molar-refractivity contribution is 0.416. The molecule has 1 unspecified atom stereocenters. The fraction of sp³-hybridized carbons (Fsp3) is 0.167. The lowest BCUT2D eigenvalue weighted by atomic mass is 10.1. The van der Waals surface area contributed by atoms with E-state index in [4.69, 9.17) is 4.74 Å². The molecule has 18 heavy (non-hydrogen) atoms. The largest absolute Gasteiger partial charge is 0.496 e. The van der Waals surface area contributed by atoms with E-state index in [0.29, 0.717) is 5.75 Å². The van der Waals surface area contributed by atoms with Crippen molar-refractivity contribution in [2.45, 2.75) is 4.83 Å². The van der Waals surface area contributed by atoms with Crippen LogP contribution in [0.25, 0.3) is 0 Å². The zero-order chi connectivity index (χ0) is 13.3. The van der Waals surface area contributed by atoms with E-state index in [1.807, 2.05) is 5.38 Å². The molecule has 0 radical (unpaired) electrons. The monoisotopic (exact) mass is 396 g/mol. The summed E-state index contributed by atoms with van der Waals surface area (Å²) in [5.74, 6) is -0.241. The number of hydrogen-bond acceptors (Lipinski definition) is 2. The van der Waals surface area contributed by atoms with Crippen LogP contribution >= 0.6 is 43.2 Å². The molecule has 6 heteroatoms. The average molecular weight is 398 g/mol. The van der Waals surface area contributed by atoms with Gasteiger partial charge >= 0.3 is 0 Å². The Labute approximate surface area is 124 Å². The highest BCUT2D eigenvalue weighted by Crippen LogP contribution is 2.39. The number of benzene rings is 1. The maximum Gasteiger partial charge on any atom is 0.137 e. The summed E-state index contributed by atoms with van der Waals surface area (Å²) in [6.45, 7) is 0. The van der Waals surface area contributed by atoms with Gasteiger partial charge in [-0.2, -0.15) is 0 Å². The van der Waals surface area contributed by atoms with Gasteiger partial charge in [0.1, 0.15) is 17.4 Å². The van der Waals surface area contributed by atoms with E-state index in [9.17, 15) is 8.78 Å². The fourth-order valence-corrected chi connectivity index (χ4v) is 3.43. The summed E-state index contributed by atoms with van der Waals surface area (Å²) in [5.41, 5.74) is 0.264. The van der Waals surface area contributed by atoms with Crippen molar-refractivity contribution in [3.63, 3.8) is 0 Å². The van der Waals surface area contributed by atoms with Crippen molar-refractivity contribution in [2.24, 2.45) is 0 Å². The Morgan fingerprint density at radius 3 is 2.56 bits per heavy atom. The van der Waals surface area contributed by atoms with Gasteiger partial charge in [0.05, 0.1) is 16.4 Å². The van der Waals surface area contributed by atoms with Crippen LogP contribution in [0.2, 0.25) is 0 Å². The van der Waals surface area contributed by atoms with Gasteiger partial charge in [-0.3, -0.25) is 0 Å². The molecule has 1 nitrogen and oxygen atoms in total. The summed E-state index contributed by atoms with van der Waals surface area (Å²) in [6.07, 6.45) is 0. The first-order valence-electron chi connectivity index (χ1n) is 4.94. The second kappa shape index (κ2) is 5.67. The van der Waals surface area contributed by atoms with Gasteiger partial charge in [0.15, 0.2) is 0 Å². The topological polar surface area (TPSA) is 9.23 Å². The number of alkyl halides is 1. The van der Waals surface area contributed by atoms with Gasteiger partial charge in [0.2, 0.25) is 0 Å². The van der Waals surface area contributed by atoms with Crippen LogP contribution in [0.15, 0.2) is 28.1 Å². The van der Waals surface area contributed by atoms with Crippen molar-refractivity contribution in [2.75, 3.05) is 7.11 Å². The molecule has 1 aromatic carbocycles. The van der Waals surface area contributed by atoms with E-state index in [-0.39, 0.29) is 10.0 Å². The van der Waals surface area contributed by atoms with Gasteiger partial charge in [-0.05, 0) is 34.1 Å². The molecule has 96 valence electrons. The van der Waals surface area contributed by atoms with Crippen LogP contribution in [0, 0.1) is 11.6 Å². The van der Waals surface area contributed by atoms with Gasteiger partial charge in [-0.25, -0.2) is 8.78 Å². The van der Waals surface area contributed by atoms with Crippen LogP contribution in [0.4, 0.5) is 8.78 Å². The summed E-state index contributed by atoms with van der Waals surface area (Å²) in [6, 6.07) is 4.11. The minimum atomic E-state index is -0.487. The predicted molar refractivity (Wildman–Crippen MR) is 75.7 cm³/mol. The first kappa shape index (κ1) is 14.0. The molecule has 0 aliphatic carbocycles. The molecule has 0 fully saturated rings. The molecule has 2 rings (SSSR count). The summed E-state index contributed by atoms with van der Waals surface area (Å²) in [4.78, 5) is 0.460. The third-order valence-electron chi connectivity index (χ3n) is 2.39. The Balaban J connectivity index is 2.39. The maximum absolute atomic E-state index is 13.8. The van der Waals surface area contributed by atoms with Crippen LogP contribution < -0.4 is 4.74 Å². The second-order valence-corrected chi connectivity index (χ2v) is 6.25. The zero-order valence-corrected chi connectivity index (χ0v) is 13.2. The van der Waals surface area contributed by atoms with Crippen LogP contribution in [-0.2, 0) is 0 Å². The van der Waals surface area contributed by atoms with Crippen molar-refractivity contribution in [3.05, 3.63) is 50.1 Å². The Bertz CT molecular complexity index is 571. The number of methoxy groups -OCH3 is 1. The first-order valence-corrected chi connectivity index (χ1v) is 7.52. The van der Waals surface area contributed by atoms with Gasteiger partial charge in [-0.15, -0.1) is 11.3 Å². The van der Waals surface area contributed by atoms with E-state index in [0.717, 1.165) is 10.9 Å². The van der Waals surface area contributed by atoms with E-state index in [1.165, 1.54) is 17.4 Å². The quantitative estimate of drug-likeness (QED) is 0.505. The highest BCUT2D eigenvalue weighted by Gasteiger charge is 2.19. The van der Waals surface area contributed by atoms with Gasteiger partial charge in [-0.1, -0.05) is 15.9 Å². The molecular formula is C12H8Br2F2OS. The molecule has 1 aromatic heterocycles. The Hall–Kier alpha value is -0.460. The van der Waals surface area contributed by atoms with E-state index in [2.05, 4.69) is 31.9 Å². The molecule has 1 heterocycles. The number of thiophene rings is 1. The smallest absolute Gasteiger partial charge is 0.137 e. The first-order chi connectivity index (χ1) is 8.52. The van der Waals surface area contributed by atoms with Crippen LogP contribution in [0.1, 0.15) is 15.3 Å². The zero-order valence-electron chi connectivity index (χ0n) is 9.22. The SMILES string of the molecule is COc1csc(C(Br)c2cc(F)c(Br)cc2F)c1. The van der Waals surface area contributed by atoms with Crippen molar-refractivity contribution in [1.82, 2.24) is 0 Å². The molecule has 0 aliphatic rings. The molecule has 0 N–H and O–H groups in total. The van der Waals surface area contributed by atoms with Crippen molar-refractivity contribution >= 4 is 43.2 Å². The lowest BCUT2D eigenvalue weighted by Crippen LogP contribution is -1.96. The molecule has 1 atom stereocenters. The Morgan fingerprint density at radius 2 is 1.94 bits per heavy atom. The normalized spacial score (nSPS) is 12.5. The number of hydrogen-bond donors (Lipinski definition) is 0. The number of halogens is 4. The summed E-state index contributed by atoms with van der Waals surface area (Å²) < 4.78 is 32.4. The minimum Gasteiger partial charge on any atom is -0.496 e. The van der Waals surface area contributed by atoms with Crippen molar-refractivity contribution in [3.8, 4) is 5.75 Å². The minimum absolute atomic E-state index is 0.118. The van der Waals surface area contributed by atoms with Gasteiger partial charge in [0, 0.05) is 15.8 Å². The third-order valence-corrected chi connectivity index (χ3v) is 5.27. The Kier molecular flexibility index (Phi) is 4.40. The molecular weight excluding hydrogens is 390 g/mol. The summed E-state index contributed by atoms with van der Waals surface area (Å²) >= 11 is 7.76. The molecule has 0 amide bonds. The summed E-state index contributed by atoms with van der Waals surface area (Å²) in [5, 5.41) is 1.82. The second-order valence-electron chi connectivity index (χ2n) is 3.54. The van der Waals surface area contributed by atoms with Crippen molar-refractivity contribution < 1.29 is 13.5 Å². The predicted octanol–water partition coefficient (Wildman–Crippen LogP) is 5.28.